The monoisotopic (exact) mass is 294 g/mol. The third kappa shape index (κ3) is 5.02. The number of benzene rings is 1. The van der Waals surface area contributed by atoms with Gasteiger partial charge in [-0.3, -0.25) is 0 Å². The van der Waals surface area contributed by atoms with Crippen LogP contribution in [0, 0.1) is 6.92 Å². The molecule has 0 saturated carbocycles. The van der Waals surface area contributed by atoms with E-state index in [1.165, 1.54) is 35.4 Å². The van der Waals surface area contributed by atoms with E-state index < -0.39 is 0 Å². The Morgan fingerprint density at radius 1 is 1.30 bits per heavy atom. The van der Waals surface area contributed by atoms with Crippen molar-refractivity contribution in [2.45, 2.75) is 46.2 Å². The molecule has 20 heavy (non-hydrogen) atoms. The van der Waals surface area contributed by atoms with E-state index in [0.29, 0.717) is 6.04 Å². The van der Waals surface area contributed by atoms with Gasteiger partial charge in [0.15, 0.2) is 0 Å². The minimum Gasteiger partial charge on any atom is -0.371 e. The summed E-state index contributed by atoms with van der Waals surface area (Å²) >= 11 is 1.93. The third-order valence-electron chi connectivity index (χ3n) is 3.85. The highest BCUT2D eigenvalue weighted by atomic mass is 32.2. The first-order chi connectivity index (χ1) is 9.63. The molecular weight excluding hydrogens is 264 g/mol. The Hall–Kier alpha value is -0.670. The summed E-state index contributed by atoms with van der Waals surface area (Å²) in [5, 5.41) is 3.48. The van der Waals surface area contributed by atoms with E-state index in [9.17, 15) is 0 Å². The number of nitrogens with one attached hydrogen (secondary N) is 1. The summed E-state index contributed by atoms with van der Waals surface area (Å²) in [4.78, 5) is 2.42. The van der Waals surface area contributed by atoms with E-state index in [-0.39, 0.29) is 0 Å². The zero-order chi connectivity index (χ0) is 15.0. The number of thioether (sulfide) groups is 1. The number of anilines is 1. The fourth-order valence-electron chi connectivity index (χ4n) is 2.40. The van der Waals surface area contributed by atoms with Crippen molar-refractivity contribution >= 4 is 17.4 Å². The summed E-state index contributed by atoms with van der Waals surface area (Å²) in [6.45, 7) is 8.76. The van der Waals surface area contributed by atoms with Crippen LogP contribution in [0.15, 0.2) is 18.2 Å². The molecule has 1 aromatic rings. The number of rotatable bonds is 9. The first kappa shape index (κ1) is 17.4. The van der Waals surface area contributed by atoms with Crippen molar-refractivity contribution in [1.29, 1.82) is 0 Å². The number of hydrogen-bond donors (Lipinski definition) is 1. The van der Waals surface area contributed by atoms with Crippen LogP contribution in [0.3, 0.4) is 0 Å². The standard InChI is InChI=1S/C17H30N2S/c1-6-10-18-12-15-8-9-17(11-14(15)3)19(4)16(7-2)13-20-5/h8-9,11,16,18H,6-7,10,12-13H2,1-5H3. The van der Waals surface area contributed by atoms with Gasteiger partial charge in [0.1, 0.15) is 0 Å². The predicted molar refractivity (Wildman–Crippen MR) is 94.0 cm³/mol. The van der Waals surface area contributed by atoms with Crippen LogP contribution in [0.4, 0.5) is 5.69 Å². The van der Waals surface area contributed by atoms with Gasteiger partial charge in [0.2, 0.25) is 0 Å². The first-order valence-corrected chi connectivity index (χ1v) is 9.05. The Morgan fingerprint density at radius 2 is 2.05 bits per heavy atom. The normalized spacial score (nSPS) is 12.4. The Morgan fingerprint density at radius 3 is 2.60 bits per heavy atom. The maximum atomic E-state index is 3.48. The zero-order valence-corrected chi connectivity index (χ0v) is 14.5. The molecule has 0 aliphatic rings. The van der Waals surface area contributed by atoms with Crippen LogP contribution in [-0.4, -0.2) is 31.6 Å². The van der Waals surface area contributed by atoms with Gasteiger partial charge in [-0.25, -0.2) is 0 Å². The van der Waals surface area contributed by atoms with Crippen LogP contribution >= 0.6 is 11.8 Å². The van der Waals surface area contributed by atoms with Gasteiger partial charge in [-0.2, -0.15) is 11.8 Å². The quantitative estimate of drug-likeness (QED) is 0.691. The SMILES string of the molecule is CCCNCc1ccc(N(C)C(CC)CSC)cc1C. The van der Waals surface area contributed by atoms with Gasteiger partial charge in [-0.15, -0.1) is 0 Å². The van der Waals surface area contributed by atoms with Gasteiger partial charge in [-0.05, 0) is 55.8 Å². The van der Waals surface area contributed by atoms with Crippen LogP contribution in [-0.2, 0) is 6.54 Å². The summed E-state index contributed by atoms with van der Waals surface area (Å²) in [5.41, 5.74) is 4.13. The molecule has 1 N–H and O–H groups in total. The van der Waals surface area contributed by atoms with Crippen LogP contribution in [0.25, 0.3) is 0 Å². The Balaban J connectivity index is 2.74. The molecule has 0 spiro atoms. The summed E-state index contributed by atoms with van der Waals surface area (Å²) in [6, 6.07) is 7.48. The lowest BCUT2D eigenvalue weighted by Gasteiger charge is -2.29. The first-order valence-electron chi connectivity index (χ1n) is 7.66. The fraction of sp³-hybridized carbons (Fsp3) is 0.647. The fourth-order valence-corrected chi connectivity index (χ4v) is 3.25. The molecule has 1 aromatic carbocycles. The molecule has 0 aliphatic heterocycles. The molecule has 0 aliphatic carbocycles. The van der Waals surface area contributed by atoms with Crippen LogP contribution in [0.2, 0.25) is 0 Å². The Kier molecular flexibility index (Phi) is 8.08. The van der Waals surface area contributed by atoms with E-state index in [4.69, 9.17) is 0 Å². The van der Waals surface area contributed by atoms with Crippen molar-refractivity contribution in [2.75, 3.05) is 30.5 Å². The van der Waals surface area contributed by atoms with Gasteiger partial charge in [0.05, 0.1) is 0 Å². The average molecular weight is 295 g/mol. The van der Waals surface area contributed by atoms with Crippen molar-refractivity contribution in [3.63, 3.8) is 0 Å². The summed E-state index contributed by atoms with van der Waals surface area (Å²) in [5.74, 6) is 1.19. The molecule has 0 fully saturated rings. The molecule has 1 unspecified atom stereocenters. The minimum absolute atomic E-state index is 0.619. The highest BCUT2D eigenvalue weighted by Gasteiger charge is 2.13. The topological polar surface area (TPSA) is 15.3 Å². The second kappa shape index (κ2) is 9.30. The Labute approximate surface area is 129 Å². The van der Waals surface area contributed by atoms with E-state index in [2.05, 4.69) is 62.5 Å². The average Bonchev–Trinajstić information content (AvgIpc) is 2.46. The van der Waals surface area contributed by atoms with Gasteiger partial charge < -0.3 is 10.2 Å². The third-order valence-corrected chi connectivity index (χ3v) is 4.57. The molecule has 0 heterocycles. The molecular formula is C17H30N2S. The lowest BCUT2D eigenvalue weighted by atomic mass is 10.1. The molecule has 3 heteroatoms. The molecule has 0 aromatic heterocycles. The lowest BCUT2D eigenvalue weighted by molar-refractivity contribution is 0.667. The van der Waals surface area contributed by atoms with Crippen LogP contribution in [0.5, 0.6) is 0 Å². The van der Waals surface area contributed by atoms with Crippen molar-refractivity contribution in [2.24, 2.45) is 0 Å². The highest BCUT2D eigenvalue weighted by Crippen LogP contribution is 2.22. The maximum Gasteiger partial charge on any atom is 0.0374 e. The number of aryl methyl sites for hydroxylation is 1. The van der Waals surface area contributed by atoms with Gasteiger partial charge in [0, 0.05) is 31.1 Å². The van der Waals surface area contributed by atoms with E-state index in [0.717, 1.165) is 13.1 Å². The lowest BCUT2D eigenvalue weighted by Crippen LogP contribution is -2.33. The van der Waals surface area contributed by atoms with Crippen molar-refractivity contribution in [3.05, 3.63) is 29.3 Å². The van der Waals surface area contributed by atoms with Crippen molar-refractivity contribution < 1.29 is 0 Å². The van der Waals surface area contributed by atoms with Crippen LogP contribution < -0.4 is 10.2 Å². The number of hydrogen-bond acceptors (Lipinski definition) is 3. The second-order valence-electron chi connectivity index (χ2n) is 5.42. The Bertz CT molecular complexity index is 393. The number of nitrogens with zero attached hydrogens (tertiary/aromatic N) is 1. The maximum absolute atomic E-state index is 3.48. The summed E-state index contributed by atoms with van der Waals surface area (Å²) in [6.07, 6.45) is 4.56. The van der Waals surface area contributed by atoms with Crippen molar-refractivity contribution in [1.82, 2.24) is 5.32 Å². The van der Waals surface area contributed by atoms with Gasteiger partial charge >= 0.3 is 0 Å². The molecule has 0 radical (unpaired) electrons. The largest absolute Gasteiger partial charge is 0.371 e. The molecule has 0 amide bonds. The predicted octanol–water partition coefficient (Wildman–Crippen LogP) is 4.07. The van der Waals surface area contributed by atoms with Crippen LogP contribution in [0.1, 0.15) is 37.8 Å². The molecule has 2 nitrogen and oxygen atoms in total. The molecule has 1 atom stereocenters. The second-order valence-corrected chi connectivity index (χ2v) is 6.33. The molecule has 1 rings (SSSR count). The molecule has 0 bridgehead atoms. The van der Waals surface area contributed by atoms with Crippen molar-refractivity contribution in [3.8, 4) is 0 Å². The summed E-state index contributed by atoms with van der Waals surface area (Å²) in [7, 11) is 2.22. The highest BCUT2D eigenvalue weighted by molar-refractivity contribution is 7.98. The minimum atomic E-state index is 0.619. The molecule has 114 valence electrons. The van der Waals surface area contributed by atoms with E-state index in [1.54, 1.807) is 0 Å². The van der Waals surface area contributed by atoms with Gasteiger partial charge in [-0.1, -0.05) is 19.9 Å². The van der Waals surface area contributed by atoms with E-state index >= 15 is 0 Å². The summed E-state index contributed by atoms with van der Waals surface area (Å²) < 4.78 is 0. The van der Waals surface area contributed by atoms with Gasteiger partial charge in [0.25, 0.3) is 0 Å². The van der Waals surface area contributed by atoms with E-state index in [1.807, 2.05) is 11.8 Å². The smallest absolute Gasteiger partial charge is 0.0374 e. The zero-order valence-electron chi connectivity index (χ0n) is 13.7. The molecule has 0 saturated heterocycles.